The molecule has 0 radical (unpaired) electrons. The van der Waals surface area contributed by atoms with Crippen molar-refractivity contribution in [2.24, 2.45) is 5.73 Å². The van der Waals surface area contributed by atoms with E-state index in [-0.39, 0.29) is 11.3 Å². The Morgan fingerprint density at radius 1 is 1.58 bits per heavy atom. The van der Waals surface area contributed by atoms with Crippen LogP contribution < -0.4 is 5.73 Å². The summed E-state index contributed by atoms with van der Waals surface area (Å²) in [6.07, 6.45) is 3.29. The van der Waals surface area contributed by atoms with Crippen LogP contribution in [0.2, 0.25) is 0 Å². The summed E-state index contributed by atoms with van der Waals surface area (Å²) in [4.78, 5) is 23.6. The van der Waals surface area contributed by atoms with Gasteiger partial charge >= 0.3 is 0 Å². The number of carbonyl (C=O) groups is 2. The Hall–Kier alpha value is -0.710. The Kier molecular flexibility index (Phi) is 2.97. The molecule has 0 aromatic carbocycles. The first kappa shape index (κ1) is 9.38. The van der Waals surface area contributed by atoms with E-state index >= 15 is 0 Å². The Morgan fingerprint density at radius 2 is 2.25 bits per heavy atom. The molecule has 5 heteroatoms. The van der Waals surface area contributed by atoms with Gasteiger partial charge in [-0.2, -0.15) is 0 Å². The lowest BCUT2D eigenvalue weighted by Gasteiger charge is -2.20. The van der Waals surface area contributed by atoms with Gasteiger partial charge in [0.05, 0.1) is 0 Å². The van der Waals surface area contributed by atoms with Crippen LogP contribution in [0.25, 0.3) is 0 Å². The second-order valence-electron chi connectivity index (χ2n) is 2.72. The molecule has 1 atom stereocenters. The summed E-state index contributed by atoms with van der Waals surface area (Å²) in [5, 5.41) is -0.0590. The molecule has 4 nitrogen and oxygen atoms in total. The van der Waals surface area contributed by atoms with Crippen LogP contribution in [0.3, 0.4) is 0 Å². The fourth-order valence-electron chi connectivity index (χ4n) is 1.40. The fraction of sp³-hybridized carbons (Fsp3) is 0.714. The van der Waals surface area contributed by atoms with Gasteiger partial charge in [0, 0.05) is 6.54 Å². The van der Waals surface area contributed by atoms with E-state index < -0.39 is 5.91 Å². The number of likely N-dealkylation sites (tertiary alicyclic amines) is 1. The Morgan fingerprint density at radius 3 is 2.75 bits per heavy atom. The zero-order chi connectivity index (χ0) is 9.14. The Labute approximate surface area is 75.5 Å². The number of primary amides is 1. The number of rotatable bonds is 1. The maximum absolute atomic E-state index is 11.2. The van der Waals surface area contributed by atoms with E-state index in [0.717, 1.165) is 18.2 Å². The standard InChI is InChI=1S/C7H12N2O2S/c1-12-7(11)9-4-2-3-5(9)6(8)10/h5H,2-4H2,1H3,(H2,8,10). The minimum atomic E-state index is -0.394. The predicted molar refractivity (Wildman–Crippen MR) is 47.8 cm³/mol. The molecule has 0 aromatic rings. The normalized spacial score (nSPS) is 22.8. The molecule has 1 aliphatic heterocycles. The van der Waals surface area contributed by atoms with E-state index in [4.69, 9.17) is 5.73 Å². The molecule has 1 heterocycles. The zero-order valence-electron chi connectivity index (χ0n) is 6.95. The topological polar surface area (TPSA) is 63.4 Å². The van der Waals surface area contributed by atoms with E-state index in [1.165, 1.54) is 0 Å². The number of thioether (sulfide) groups is 1. The highest BCUT2D eigenvalue weighted by Gasteiger charge is 2.31. The highest BCUT2D eigenvalue weighted by molar-refractivity contribution is 8.12. The van der Waals surface area contributed by atoms with Crippen molar-refractivity contribution in [3.63, 3.8) is 0 Å². The molecule has 2 N–H and O–H groups in total. The van der Waals surface area contributed by atoms with Crippen LogP contribution in [0.15, 0.2) is 0 Å². The van der Waals surface area contributed by atoms with Gasteiger partial charge in [0.1, 0.15) is 6.04 Å². The molecule has 0 saturated carbocycles. The Balaban J connectivity index is 2.63. The number of hydrogen-bond acceptors (Lipinski definition) is 3. The summed E-state index contributed by atoms with van der Waals surface area (Å²) in [6.45, 7) is 0.660. The molecular weight excluding hydrogens is 176 g/mol. The molecule has 1 rings (SSSR count). The number of nitrogens with zero attached hydrogens (tertiary/aromatic N) is 1. The SMILES string of the molecule is CSC(=O)N1CCCC1C(N)=O. The molecule has 0 aliphatic carbocycles. The lowest BCUT2D eigenvalue weighted by Crippen LogP contribution is -2.42. The molecule has 1 unspecified atom stereocenters. The van der Waals surface area contributed by atoms with E-state index in [1.807, 2.05) is 0 Å². The molecule has 1 fully saturated rings. The quantitative estimate of drug-likeness (QED) is 0.648. The van der Waals surface area contributed by atoms with Gasteiger partial charge in [-0.1, -0.05) is 11.8 Å². The summed E-state index contributed by atoms with van der Waals surface area (Å²) in [5.41, 5.74) is 5.14. The monoisotopic (exact) mass is 188 g/mol. The highest BCUT2D eigenvalue weighted by atomic mass is 32.2. The van der Waals surface area contributed by atoms with Gasteiger partial charge in [-0.15, -0.1) is 0 Å². The molecule has 0 bridgehead atoms. The number of nitrogens with two attached hydrogens (primary N) is 1. The molecule has 0 aromatic heterocycles. The summed E-state index contributed by atoms with van der Waals surface area (Å²) >= 11 is 1.12. The maximum Gasteiger partial charge on any atom is 0.282 e. The van der Waals surface area contributed by atoms with Crippen LogP contribution in [-0.4, -0.2) is 34.9 Å². The number of hydrogen-bond donors (Lipinski definition) is 1. The second kappa shape index (κ2) is 3.80. The molecule has 1 saturated heterocycles. The smallest absolute Gasteiger partial charge is 0.282 e. The van der Waals surface area contributed by atoms with Crippen molar-refractivity contribution in [3.8, 4) is 0 Å². The van der Waals surface area contributed by atoms with Crippen molar-refractivity contribution >= 4 is 22.9 Å². The molecule has 1 aliphatic rings. The first-order valence-corrected chi connectivity index (χ1v) is 5.03. The van der Waals surface area contributed by atoms with E-state index in [1.54, 1.807) is 11.2 Å². The van der Waals surface area contributed by atoms with Crippen molar-refractivity contribution in [1.29, 1.82) is 0 Å². The van der Waals surface area contributed by atoms with Gasteiger partial charge < -0.3 is 10.6 Å². The predicted octanol–water partition coefficient (Wildman–Crippen LogP) is 0.419. The minimum absolute atomic E-state index is 0.0590. The first-order valence-electron chi connectivity index (χ1n) is 3.80. The molecule has 0 spiro atoms. The molecule has 12 heavy (non-hydrogen) atoms. The maximum atomic E-state index is 11.2. The lowest BCUT2D eigenvalue weighted by atomic mass is 10.2. The van der Waals surface area contributed by atoms with Crippen LogP contribution in [0.4, 0.5) is 4.79 Å². The van der Waals surface area contributed by atoms with Crippen LogP contribution in [0, 0.1) is 0 Å². The fourth-order valence-corrected chi connectivity index (χ4v) is 1.85. The van der Waals surface area contributed by atoms with E-state index in [0.29, 0.717) is 13.0 Å². The van der Waals surface area contributed by atoms with Crippen molar-refractivity contribution in [3.05, 3.63) is 0 Å². The minimum Gasteiger partial charge on any atom is -0.368 e. The van der Waals surface area contributed by atoms with Crippen molar-refractivity contribution in [2.75, 3.05) is 12.8 Å². The first-order chi connectivity index (χ1) is 5.66. The van der Waals surface area contributed by atoms with E-state index in [2.05, 4.69) is 0 Å². The van der Waals surface area contributed by atoms with Crippen LogP contribution in [0.1, 0.15) is 12.8 Å². The summed E-state index contributed by atoms with van der Waals surface area (Å²) < 4.78 is 0. The van der Waals surface area contributed by atoms with Crippen LogP contribution >= 0.6 is 11.8 Å². The van der Waals surface area contributed by atoms with Gasteiger partial charge in [0.2, 0.25) is 5.91 Å². The average molecular weight is 188 g/mol. The largest absolute Gasteiger partial charge is 0.368 e. The number of amides is 2. The van der Waals surface area contributed by atoms with Gasteiger partial charge in [-0.3, -0.25) is 9.59 Å². The number of carbonyl (C=O) groups excluding carboxylic acids is 2. The molecule has 2 amide bonds. The summed E-state index contributed by atoms with van der Waals surface area (Å²) in [7, 11) is 0. The lowest BCUT2D eigenvalue weighted by molar-refractivity contribution is -0.121. The third-order valence-electron chi connectivity index (χ3n) is 1.99. The van der Waals surface area contributed by atoms with Crippen molar-refractivity contribution in [2.45, 2.75) is 18.9 Å². The van der Waals surface area contributed by atoms with Gasteiger partial charge in [0.25, 0.3) is 5.24 Å². The third kappa shape index (κ3) is 1.72. The van der Waals surface area contributed by atoms with E-state index in [9.17, 15) is 9.59 Å². The average Bonchev–Trinajstić information content (AvgIpc) is 2.50. The molecule has 68 valence electrons. The van der Waals surface area contributed by atoms with Gasteiger partial charge in [-0.05, 0) is 19.1 Å². The third-order valence-corrected chi connectivity index (χ3v) is 2.57. The van der Waals surface area contributed by atoms with Gasteiger partial charge in [0.15, 0.2) is 0 Å². The van der Waals surface area contributed by atoms with Crippen LogP contribution in [0.5, 0.6) is 0 Å². The summed E-state index contributed by atoms with van der Waals surface area (Å²) in [5.74, 6) is -0.394. The van der Waals surface area contributed by atoms with Crippen LogP contribution in [-0.2, 0) is 4.79 Å². The van der Waals surface area contributed by atoms with Crippen molar-refractivity contribution in [1.82, 2.24) is 4.90 Å². The summed E-state index contributed by atoms with van der Waals surface area (Å²) in [6, 6.07) is -0.370. The highest BCUT2D eigenvalue weighted by Crippen LogP contribution is 2.20. The van der Waals surface area contributed by atoms with Gasteiger partial charge in [-0.25, -0.2) is 0 Å². The molecular formula is C7H12N2O2S. The second-order valence-corrected chi connectivity index (χ2v) is 3.48. The van der Waals surface area contributed by atoms with Crippen molar-refractivity contribution < 1.29 is 9.59 Å². The Bertz CT molecular complexity index is 208. The zero-order valence-corrected chi connectivity index (χ0v) is 7.76.